The molecule has 1 fully saturated rings. The summed E-state index contributed by atoms with van der Waals surface area (Å²) in [6.07, 6.45) is 0.554. The lowest BCUT2D eigenvalue weighted by atomic mass is 10.0. The van der Waals surface area contributed by atoms with E-state index in [1.54, 1.807) is 19.2 Å². The third-order valence-corrected chi connectivity index (χ3v) is 5.17. The van der Waals surface area contributed by atoms with Crippen LogP contribution in [0.4, 0.5) is 5.69 Å². The number of rotatable bonds is 7. The Balaban J connectivity index is 1.92. The van der Waals surface area contributed by atoms with Gasteiger partial charge in [0, 0.05) is 32.2 Å². The molecule has 27 heavy (non-hydrogen) atoms. The fraction of sp³-hybridized carbons (Fsp3) is 0.381. The standard InChI is InChI=1S/C21H27N3O3/c1-23(18-9-8-16(21(22)26)12-20(18)27-2)19(15-6-4-3-5-7-15)14-24-11-10-17(25)13-24/h3-9,12,17,19,25H,10-11,13-14H2,1-2H3,(H2,22,26)/t17?,19-/m1/s1. The lowest BCUT2D eigenvalue weighted by Crippen LogP contribution is -2.36. The van der Waals surface area contributed by atoms with Crippen LogP contribution < -0.4 is 15.4 Å². The summed E-state index contributed by atoms with van der Waals surface area (Å²) in [5.74, 6) is 0.129. The van der Waals surface area contributed by atoms with Crippen LogP contribution in [-0.4, -0.2) is 55.8 Å². The highest BCUT2D eigenvalue weighted by Gasteiger charge is 2.27. The Kier molecular flexibility index (Phi) is 5.98. The summed E-state index contributed by atoms with van der Waals surface area (Å²) in [6, 6.07) is 15.6. The number of primary amides is 1. The van der Waals surface area contributed by atoms with Crippen LogP contribution in [0.25, 0.3) is 0 Å². The van der Waals surface area contributed by atoms with Crippen LogP contribution in [0.15, 0.2) is 48.5 Å². The first-order valence-corrected chi connectivity index (χ1v) is 9.15. The minimum absolute atomic E-state index is 0.0739. The third-order valence-electron chi connectivity index (χ3n) is 5.17. The van der Waals surface area contributed by atoms with Crippen molar-refractivity contribution in [2.24, 2.45) is 5.73 Å². The summed E-state index contributed by atoms with van der Waals surface area (Å²) in [5, 5.41) is 9.88. The van der Waals surface area contributed by atoms with E-state index in [0.29, 0.717) is 17.9 Å². The Morgan fingerprint density at radius 3 is 2.67 bits per heavy atom. The van der Waals surface area contributed by atoms with E-state index in [4.69, 9.17) is 10.5 Å². The molecule has 1 saturated heterocycles. The van der Waals surface area contributed by atoms with Crippen LogP contribution in [0, 0.1) is 0 Å². The first-order chi connectivity index (χ1) is 13.0. The van der Waals surface area contributed by atoms with Crippen molar-refractivity contribution in [2.45, 2.75) is 18.6 Å². The fourth-order valence-electron chi connectivity index (χ4n) is 3.64. The van der Waals surface area contributed by atoms with Crippen molar-refractivity contribution >= 4 is 11.6 Å². The van der Waals surface area contributed by atoms with E-state index in [2.05, 4.69) is 21.9 Å². The normalized spacial score (nSPS) is 18.3. The highest BCUT2D eigenvalue weighted by molar-refractivity contribution is 5.94. The summed E-state index contributed by atoms with van der Waals surface area (Å²) in [6.45, 7) is 2.36. The van der Waals surface area contributed by atoms with E-state index >= 15 is 0 Å². The Hall–Kier alpha value is -2.57. The molecular formula is C21H27N3O3. The topological polar surface area (TPSA) is 79.0 Å². The summed E-state index contributed by atoms with van der Waals surface area (Å²) in [4.78, 5) is 15.9. The molecule has 3 rings (SSSR count). The van der Waals surface area contributed by atoms with Gasteiger partial charge in [-0.2, -0.15) is 0 Å². The number of methoxy groups -OCH3 is 1. The first kappa shape index (κ1) is 19.2. The summed E-state index contributed by atoms with van der Waals surface area (Å²) in [7, 11) is 3.61. The summed E-state index contributed by atoms with van der Waals surface area (Å²) in [5.41, 5.74) is 7.89. The SMILES string of the molecule is COc1cc(C(N)=O)ccc1N(C)[C@H](CN1CCC(O)C1)c1ccccc1. The van der Waals surface area contributed by atoms with Gasteiger partial charge in [0.1, 0.15) is 5.75 Å². The average Bonchev–Trinajstić information content (AvgIpc) is 3.10. The van der Waals surface area contributed by atoms with Gasteiger partial charge in [-0.05, 0) is 30.2 Å². The van der Waals surface area contributed by atoms with Crippen LogP contribution >= 0.6 is 0 Å². The van der Waals surface area contributed by atoms with Crippen molar-refractivity contribution in [1.29, 1.82) is 0 Å². The maximum atomic E-state index is 11.5. The molecule has 6 nitrogen and oxygen atoms in total. The molecule has 1 aliphatic heterocycles. The number of benzene rings is 2. The maximum Gasteiger partial charge on any atom is 0.248 e. The molecule has 2 aromatic rings. The fourth-order valence-corrected chi connectivity index (χ4v) is 3.64. The molecule has 0 aliphatic carbocycles. The smallest absolute Gasteiger partial charge is 0.248 e. The third kappa shape index (κ3) is 4.40. The number of aliphatic hydroxyl groups excluding tert-OH is 1. The van der Waals surface area contributed by atoms with Gasteiger partial charge < -0.3 is 20.5 Å². The average molecular weight is 369 g/mol. The summed E-state index contributed by atoms with van der Waals surface area (Å²) < 4.78 is 5.53. The molecule has 0 saturated carbocycles. The molecule has 2 atom stereocenters. The number of carbonyl (C=O) groups is 1. The van der Waals surface area contributed by atoms with Crippen LogP contribution in [0.3, 0.4) is 0 Å². The van der Waals surface area contributed by atoms with E-state index in [0.717, 1.165) is 25.2 Å². The van der Waals surface area contributed by atoms with Gasteiger partial charge in [-0.1, -0.05) is 30.3 Å². The first-order valence-electron chi connectivity index (χ1n) is 9.15. The Labute approximate surface area is 160 Å². The van der Waals surface area contributed by atoms with E-state index in [1.165, 1.54) is 5.56 Å². The zero-order chi connectivity index (χ0) is 19.4. The van der Waals surface area contributed by atoms with Gasteiger partial charge >= 0.3 is 0 Å². The molecule has 0 bridgehead atoms. The molecule has 0 aromatic heterocycles. The quantitative estimate of drug-likeness (QED) is 0.781. The molecule has 0 radical (unpaired) electrons. The van der Waals surface area contributed by atoms with Gasteiger partial charge in [-0.25, -0.2) is 0 Å². The number of β-amino-alcohol motifs (C(OH)–C–C–N with tert-alkyl or cyclic N) is 1. The van der Waals surface area contributed by atoms with E-state index in [-0.39, 0.29) is 12.1 Å². The molecule has 1 unspecified atom stereocenters. The van der Waals surface area contributed by atoms with Gasteiger partial charge in [0.25, 0.3) is 0 Å². The molecule has 1 aliphatic rings. The number of ether oxygens (including phenoxy) is 1. The van der Waals surface area contributed by atoms with Gasteiger partial charge in [-0.3, -0.25) is 9.69 Å². The van der Waals surface area contributed by atoms with Crippen molar-refractivity contribution in [2.75, 3.05) is 38.7 Å². The highest BCUT2D eigenvalue weighted by atomic mass is 16.5. The molecule has 1 heterocycles. The van der Waals surface area contributed by atoms with Crippen LogP contribution in [0.5, 0.6) is 5.75 Å². The van der Waals surface area contributed by atoms with Crippen molar-refractivity contribution in [3.05, 3.63) is 59.7 Å². The van der Waals surface area contributed by atoms with Crippen molar-refractivity contribution in [3.8, 4) is 5.75 Å². The minimum Gasteiger partial charge on any atom is -0.495 e. The van der Waals surface area contributed by atoms with Gasteiger partial charge in [-0.15, -0.1) is 0 Å². The number of likely N-dealkylation sites (tertiary alicyclic amines) is 1. The number of aliphatic hydroxyl groups is 1. The second-order valence-corrected chi connectivity index (χ2v) is 6.99. The van der Waals surface area contributed by atoms with Crippen LogP contribution in [0.1, 0.15) is 28.4 Å². The number of nitrogens with zero attached hydrogens (tertiary/aromatic N) is 2. The van der Waals surface area contributed by atoms with Crippen molar-refractivity contribution < 1.29 is 14.6 Å². The zero-order valence-electron chi connectivity index (χ0n) is 15.8. The van der Waals surface area contributed by atoms with E-state index in [1.807, 2.05) is 31.3 Å². The molecule has 6 heteroatoms. The number of nitrogens with two attached hydrogens (primary N) is 1. The lowest BCUT2D eigenvalue weighted by Gasteiger charge is -2.34. The number of hydrogen-bond acceptors (Lipinski definition) is 5. The maximum absolute atomic E-state index is 11.5. The second kappa shape index (κ2) is 8.41. The number of likely N-dealkylation sites (N-methyl/N-ethyl adjacent to an activating group) is 1. The number of anilines is 1. The van der Waals surface area contributed by atoms with Gasteiger partial charge in [0.2, 0.25) is 5.91 Å². The van der Waals surface area contributed by atoms with Crippen LogP contribution in [0.2, 0.25) is 0 Å². The number of amides is 1. The second-order valence-electron chi connectivity index (χ2n) is 6.99. The van der Waals surface area contributed by atoms with Gasteiger partial charge in [0.05, 0.1) is 24.9 Å². The highest BCUT2D eigenvalue weighted by Crippen LogP contribution is 2.35. The number of hydrogen-bond donors (Lipinski definition) is 2. The largest absolute Gasteiger partial charge is 0.495 e. The minimum atomic E-state index is -0.479. The monoisotopic (exact) mass is 369 g/mol. The zero-order valence-corrected chi connectivity index (χ0v) is 15.8. The van der Waals surface area contributed by atoms with Crippen LogP contribution in [-0.2, 0) is 0 Å². The molecular weight excluding hydrogens is 342 g/mol. The predicted molar refractivity (Wildman–Crippen MR) is 106 cm³/mol. The molecule has 1 amide bonds. The lowest BCUT2D eigenvalue weighted by molar-refractivity contribution is 0.1000. The van der Waals surface area contributed by atoms with E-state index in [9.17, 15) is 9.90 Å². The van der Waals surface area contributed by atoms with E-state index < -0.39 is 5.91 Å². The molecule has 3 N–H and O–H groups in total. The Morgan fingerprint density at radius 1 is 1.33 bits per heavy atom. The van der Waals surface area contributed by atoms with Gasteiger partial charge in [0.15, 0.2) is 0 Å². The molecule has 0 spiro atoms. The predicted octanol–water partition coefficient (Wildman–Crippen LogP) is 2.04. The Morgan fingerprint density at radius 2 is 2.07 bits per heavy atom. The summed E-state index contributed by atoms with van der Waals surface area (Å²) >= 11 is 0. The molecule has 2 aromatic carbocycles. The molecule has 144 valence electrons. The Bertz CT molecular complexity index is 781. The van der Waals surface area contributed by atoms with Crippen molar-refractivity contribution in [3.63, 3.8) is 0 Å². The number of carbonyl (C=O) groups excluding carboxylic acids is 1. The van der Waals surface area contributed by atoms with Crippen molar-refractivity contribution in [1.82, 2.24) is 4.90 Å².